The van der Waals surface area contributed by atoms with Crippen molar-refractivity contribution in [1.82, 2.24) is 4.57 Å². The highest BCUT2D eigenvalue weighted by Gasteiger charge is 2.09. The van der Waals surface area contributed by atoms with Crippen molar-refractivity contribution < 1.29 is 4.79 Å². The van der Waals surface area contributed by atoms with Gasteiger partial charge in [-0.05, 0) is 36.6 Å². The van der Waals surface area contributed by atoms with Gasteiger partial charge < -0.3 is 5.32 Å². The molecule has 1 N–H and O–H groups in total. The highest BCUT2D eigenvalue weighted by atomic mass is 32.1. The number of aromatic nitrogens is 1. The van der Waals surface area contributed by atoms with E-state index in [-0.39, 0.29) is 10.8 Å². The molecule has 21 heavy (non-hydrogen) atoms. The number of nitrogens with zero attached hydrogens (tertiary/aromatic N) is 1. The number of fused-ring (bicyclic) bond motifs is 1. The second kappa shape index (κ2) is 5.83. The van der Waals surface area contributed by atoms with Crippen LogP contribution in [-0.2, 0) is 17.8 Å². The number of amides is 1. The summed E-state index contributed by atoms with van der Waals surface area (Å²) in [5.41, 5.74) is 1.65. The van der Waals surface area contributed by atoms with Gasteiger partial charge in [-0.3, -0.25) is 14.2 Å². The summed E-state index contributed by atoms with van der Waals surface area (Å²) in [4.78, 5) is 24.9. The lowest BCUT2D eigenvalue weighted by atomic mass is 10.2. The fraction of sp³-hybridized carbons (Fsp3) is 0.200. The molecule has 108 valence electrons. The lowest BCUT2D eigenvalue weighted by molar-refractivity contribution is -0.115. The van der Waals surface area contributed by atoms with Gasteiger partial charge in [-0.25, -0.2) is 0 Å². The molecule has 0 aliphatic rings. The Morgan fingerprint density at radius 1 is 1.33 bits per heavy atom. The molecule has 0 aliphatic heterocycles. The molecule has 0 aliphatic carbocycles. The molecule has 3 aromatic rings. The summed E-state index contributed by atoms with van der Waals surface area (Å²) in [7, 11) is 0. The molecular formula is C15H14N2O2S2. The quantitative estimate of drug-likeness (QED) is 0.802. The molecule has 6 heteroatoms. The van der Waals surface area contributed by atoms with E-state index in [1.54, 1.807) is 15.9 Å². The van der Waals surface area contributed by atoms with Crippen molar-refractivity contribution in [1.29, 1.82) is 0 Å². The number of carbonyl (C=O) groups excluding carboxylic acids is 1. The Kier molecular flexibility index (Phi) is 3.90. The van der Waals surface area contributed by atoms with Crippen molar-refractivity contribution in [3.05, 3.63) is 50.3 Å². The van der Waals surface area contributed by atoms with E-state index in [0.717, 1.165) is 20.8 Å². The van der Waals surface area contributed by atoms with Gasteiger partial charge in [-0.1, -0.05) is 17.4 Å². The largest absolute Gasteiger partial charge is 0.326 e. The monoisotopic (exact) mass is 318 g/mol. The molecule has 0 unspecified atom stereocenters. The number of thiophene rings is 1. The van der Waals surface area contributed by atoms with Gasteiger partial charge in [0, 0.05) is 17.1 Å². The Morgan fingerprint density at radius 2 is 2.19 bits per heavy atom. The molecule has 0 bridgehead atoms. The van der Waals surface area contributed by atoms with Crippen LogP contribution in [-0.4, -0.2) is 10.5 Å². The second-order valence-electron chi connectivity index (χ2n) is 4.60. The van der Waals surface area contributed by atoms with E-state index >= 15 is 0 Å². The lowest BCUT2D eigenvalue weighted by Crippen LogP contribution is -2.13. The zero-order valence-corrected chi connectivity index (χ0v) is 13.1. The van der Waals surface area contributed by atoms with E-state index in [2.05, 4.69) is 5.32 Å². The van der Waals surface area contributed by atoms with Crippen LogP contribution < -0.4 is 10.2 Å². The maximum absolute atomic E-state index is 12.0. The number of rotatable bonds is 4. The SMILES string of the molecule is CCn1c(=O)sc2cc(NC(=O)Cc3cccs3)ccc21. The van der Waals surface area contributed by atoms with Crippen molar-refractivity contribution in [3.8, 4) is 0 Å². The lowest BCUT2D eigenvalue weighted by Gasteiger charge is -2.05. The third kappa shape index (κ3) is 2.91. The molecule has 1 amide bonds. The van der Waals surface area contributed by atoms with Gasteiger partial charge in [0.25, 0.3) is 0 Å². The minimum absolute atomic E-state index is 0.0366. The molecule has 0 saturated heterocycles. The Balaban J connectivity index is 1.81. The first-order chi connectivity index (χ1) is 10.2. The van der Waals surface area contributed by atoms with Gasteiger partial charge in [0.2, 0.25) is 5.91 Å². The Labute approximate surface area is 129 Å². The zero-order chi connectivity index (χ0) is 14.8. The molecule has 2 heterocycles. The second-order valence-corrected chi connectivity index (χ2v) is 6.62. The fourth-order valence-corrected chi connectivity index (χ4v) is 3.92. The molecule has 0 atom stereocenters. The van der Waals surface area contributed by atoms with Gasteiger partial charge >= 0.3 is 4.87 Å². The standard InChI is InChI=1S/C15H14N2O2S2/c1-2-17-12-6-5-10(8-13(12)21-15(17)19)16-14(18)9-11-4-3-7-20-11/h3-8H,2,9H2,1H3,(H,16,18). The van der Waals surface area contributed by atoms with Gasteiger partial charge in [0.15, 0.2) is 0 Å². The van der Waals surface area contributed by atoms with E-state index in [9.17, 15) is 9.59 Å². The van der Waals surface area contributed by atoms with Crippen LogP contribution in [0.4, 0.5) is 5.69 Å². The minimum atomic E-state index is -0.0425. The normalized spacial score (nSPS) is 10.9. The highest BCUT2D eigenvalue weighted by Crippen LogP contribution is 2.22. The summed E-state index contributed by atoms with van der Waals surface area (Å²) in [5.74, 6) is -0.0425. The van der Waals surface area contributed by atoms with Gasteiger partial charge in [0.05, 0.1) is 16.6 Å². The number of thiazole rings is 1. The zero-order valence-electron chi connectivity index (χ0n) is 11.5. The fourth-order valence-electron chi connectivity index (χ4n) is 2.22. The molecule has 1 aromatic carbocycles. The van der Waals surface area contributed by atoms with Gasteiger partial charge in [-0.2, -0.15) is 0 Å². The third-order valence-corrected chi connectivity index (χ3v) is 5.00. The summed E-state index contributed by atoms with van der Waals surface area (Å²) in [5, 5.41) is 4.84. The molecule has 3 rings (SSSR count). The first kappa shape index (κ1) is 14.0. The molecule has 0 fully saturated rings. The van der Waals surface area contributed by atoms with Crippen molar-refractivity contribution in [2.45, 2.75) is 19.9 Å². The summed E-state index contributed by atoms with van der Waals surface area (Å²) < 4.78 is 2.63. The molecule has 0 radical (unpaired) electrons. The van der Waals surface area contributed by atoms with E-state index in [0.29, 0.717) is 13.0 Å². The average Bonchev–Trinajstić information content (AvgIpc) is 3.04. The van der Waals surface area contributed by atoms with Crippen LogP contribution in [0.1, 0.15) is 11.8 Å². The van der Waals surface area contributed by atoms with E-state index in [1.165, 1.54) is 11.3 Å². The van der Waals surface area contributed by atoms with Gasteiger partial charge in [0.1, 0.15) is 0 Å². The van der Waals surface area contributed by atoms with Crippen LogP contribution in [0.5, 0.6) is 0 Å². The molecule has 2 aromatic heterocycles. The highest BCUT2D eigenvalue weighted by molar-refractivity contribution is 7.16. The molecule has 0 saturated carbocycles. The average molecular weight is 318 g/mol. The topological polar surface area (TPSA) is 51.1 Å². The van der Waals surface area contributed by atoms with E-state index in [1.807, 2.05) is 42.6 Å². The first-order valence-corrected chi connectivity index (χ1v) is 8.32. The molecule has 0 spiro atoms. The Morgan fingerprint density at radius 3 is 2.90 bits per heavy atom. The number of benzene rings is 1. The van der Waals surface area contributed by atoms with Crippen molar-refractivity contribution in [2.75, 3.05) is 5.32 Å². The maximum atomic E-state index is 12.0. The van der Waals surface area contributed by atoms with Crippen molar-refractivity contribution in [3.63, 3.8) is 0 Å². The summed E-state index contributed by atoms with van der Waals surface area (Å²) >= 11 is 2.78. The predicted molar refractivity (Wildman–Crippen MR) is 88.4 cm³/mol. The number of aryl methyl sites for hydroxylation is 1. The van der Waals surface area contributed by atoms with Gasteiger partial charge in [-0.15, -0.1) is 11.3 Å². The maximum Gasteiger partial charge on any atom is 0.308 e. The van der Waals surface area contributed by atoms with Crippen molar-refractivity contribution >= 4 is 44.5 Å². The van der Waals surface area contributed by atoms with E-state index < -0.39 is 0 Å². The number of anilines is 1. The van der Waals surface area contributed by atoms with Crippen LogP contribution in [0.25, 0.3) is 10.2 Å². The summed E-state index contributed by atoms with van der Waals surface area (Å²) in [6, 6.07) is 9.47. The number of hydrogen-bond acceptors (Lipinski definition) is 4. The summed E-state index contributed by atoms with van der Waals surface area (Å²) in [6.07, 6.45) is 0.377. The van der Waals surface area contributed by atoms with Crippen LogP contribution in [0.15, 0.2) is 40.5 Å². The van der Waals surface area contributed by atoms with Crippen LogP contribution in [0.2, 0.25) is 0 Å². The molecule has 4 nitrogen and oxygen atoms in total. The number of nitrogens with one attached hydrogen (secondary N) is 1. The van der Waals surface area contributed by atoms with Crippen LogP contribution in [0.3, 0.4) is 0 Å². The predicted octanol–water partition coefficient (Wildman–Crippen LogP) is 3.33. The summed E-state index contributed by atoms with van der Waals surface area (Å²) in [6.45, 7) is 2.60. The Bertz CT molecular complexity index is 831. The Hall–Kier alpha value is -1.92. The van der Waals surface area contributed by atoms with Crippen LogP contribution >= 0.6 is 22.7 Å². The number of hydrogen-bond donors (Lipinski definition) is 1. The van der Waals surface area contributed by atoms with E-state index in [4.69, 9.17) is 0 Å². The molecular weight excluding hydrogens is 304 g/mol. The van der Waals surface area contributed by atoms with Crippen LogP contribution in [0, 0.1) is 0 Å². The first-order valence-electron chi connectivity index (χ1n) is 6.63. The van der Waals surface area contributed by atoms with Crippen molar-refractivity contribution in [2.24, 2.45) is 0 Å². The smallest absolute Gasteiger partial charge is 0.308 e. The number of carbonyl (C=O) groups is 1. The third-order valence-electron chi connectivity index (χ3n) is 3.18. The minimum Gasteiger partial charge on any atom is -0.326 e.